The van der Waals surface area contributed by atoms with Crippen molar-refractivity contribution in [2.75, 3.05) is 18.0 Å². The van der Waals surface area contributed by atoms with Crippen LogP contribution in [0.3, 0.4) is 0 Å². The fourth-order valence-corrected chi connectivity index (χ4v) is 4.14. The minimum absolute atomic E-state index is 0.374. The van der Waals surface area contributed by atoms with Crippen molar-refractivity contribution in [2.45, 2.75) is 13.8 Å². The lowest BCUT2D eigenvalue weighted by molar-refractivity contribution is 0.563. The van der Waals surface area contributed by atoms with Gasteiger partial charge in [0, 0.05) is 46.2 Å². The summed E-state index contributed by atoms with van der Waals surface area (Å²) in [7, 11) is 0. The number of halogens is 1. The molecule has 0 spiro atoms. The molecule has 142 valence electrons. The molecule has 4 nitrogen and oxygen atoms in total. The number of hydrogen-bond acceptors (Lipinski definition) is 5. The van der Waals surface area contributed by atoms with Crippen LogP contribution in [-0.2, 0) is 0 Å². The van der Waals surface area contributed by atoms with Crippen molar-refractivity contribution < 1.29 is 4.42 Å². The number of benzene rings is 2. The molecule has 6 heteroatoms. The Bertz CT molecular complexity index is 1180. The fourth-order valence-electron chi connectivity index (χ4n) is 3.19. The third-order valence-electron chi connectivity index (χ3n) is 4.72. The first-order valence-corrected chi connectivity index (χ1v) is 10.4. The summed E-state index contributed by atoms with van der Waals surface area (Å²) in [6.45, 7) is 6.01. The SMILES string of the molecule is CCN(CC)c1ccc2cc(-c3nc(-c4ccc(Cl)cc4)cs3)c(=O)oc2c1. The summed E-state index contributed by atoms with van der Waals surface area (Å²) in [5.41, 5.74) is 3.52. The largest absolute Gasteiger partial charge is 0.422 e. The van der Waals surface area contributed by atoms with Crippen LogP contribution in [0.1, 0.15) is 13.8 Å². The maximum absolute atomic E-state index is 12.6. The number of rotatable bonds is 5. The van der Waals surface area contributed by atoms with E-state index < -0.39 is 0 Å². The first-order valence-electron chi connectivity index (χ1n) is 9.13. The Morgan fingerprint density at radius 2 is 1.82 bits per heavy atom. The van der Waals surface area contributed by atoms with Crippen molar-refractivity contribution in [2.24, 2.45) is 0 Å². The molecule has 2 aromatic heterocycles. The molecule has 0 aliphatic carbocycles. The molecule has 2 heterocycles. The van der Waals surface area contributed by atoms with Gasteiger partial charge >= 0.3 is 5.63 Å². The molecule has 0 fully saturated rings. The zero-order chi connectivity index (χ0) is 19.7. The Labute approximate surface area is 172 Å². The molecule has 0 atom stereocenters. The van der Waals surface area contributed by atoms with E-state index in [2.05, 4.69) is 29.8 Å². The van der Waals surface area contributed by atoms with Gasteiger partial charge in [-0.25, -0.2) is 9.78 Å². The van der Waals surface area contributed by atoms with Gasteiger partial charge in [-0.3, -0.25) is 0 Å². The Hall–Kier alpha value is -2.63. The first-order chi connectivity index (χ1) is 13.6. The van der Waals surface area contributed by atoms with Crippen LogP contribution in [0.5, 0.6) is 0 Å². The average molecular weight is 411 g/mol. The molecule has 4 aromatic rings. The Morgan fingerprint density at radius 3 is 2.54 bits per heavy atom. The van der Waals surface area contributed by atoms with Crippen molar-refractivity contribution in [3.05, 3.63) is 69.4 Å². The van der Waals surface area contributed by atoms with Crippen LogP contribution in [0, 0.1) is 0 Å². The number of fused-ring (bicyclic) bond motifs is 1. The number of nitrogens with zero attached hydrogens (tertiary/aromatic N) is 2. The number of anilines is 1. The van der Waals surface area contributed by atoms with Crippen molar-refractivity contribution in [1.82, 2.24) is 4.98 Å². The van der Waals surface area contributed by atoms with Gasteiger partial charge in [0.2, 0.25) is 0 Å². The molecule has 0 saturated carbocycles. The Kier molecular flexibility index (Phi) is 5.20. The fraction of sp³-hybridized carbons (Fsp3) is 0.182. The van der Waals surface area contributed by atoms with Gasteiger partial charge in [-0.1, -0.05) is 23.7 Å². The summed E-state index contributed by atoms with van der Waals surface area (Å²) in [6, 6.07) is 15.3. The smallest absolute Gasteiger partial charge is 0.346 e. The van der Waals surface area contributed by atoms with E-state index in [1.807, 2.05) is 47.8 Å². The van der Waals surface area contributed by atoms with E-state index >= 15 is 0 Å². The van der Waals surface area contributed by atoms with Crippen molar-refractivity contribution in [3.8, 4) is 21.8 Å². The standard InChI is InChI=1S/C22H19ClN2O2S/c1-3-25(4-2)17-10-7-15-11-18(22(26)27-20(15)12-17)21-24-19(13-28-21)14-5-8-16(23)9-6-14/h5-13H,3-4H2,1-2H3. The molecule has 2 aromatic carbocycles. The summed E-state index contributed by atoms with van der Waals surface area (Å²) < 4.78 is 5.62. The van der Waals surface area contributed by atoms with E-state index in [1.165, 1.54) is 11.3 Å². The second-order valence-electron chi connectivity index (χ2n) is 6.39. The molecular formula is C22H19ClN2O2S. The van der Waals surface area contributed by atoms with E-state index in [0.717, 1.165) is 35.4 Å². The Balaban J connectivity index is 1.73. The highest BCUT2D eigenvalue weighted by atomic mass is 35.5. The summed E-state index contributed by atoms with van der Waals surface area (Å²) in [5.74, 6) is 0. The van der Waals surface area contributed by atoms with Crippen LogP contribution in [0.25, 0.3) is 32.8 Å². The highest BCUT2D eigenvalue weighted by Crippen LogP contribution is 2.30. The van der Waals surface area contributed by atoms with Crippen LogP contribution in [0.4, 0.5) is 5.69 Å². The molecule has 0 unspecified atom stereocenters. The van der Waals surface area contributed by atoms with Gasteiger partial charge in [0.1, 0.15) is 10.6 Å². The molecule has 0 aliphatic heterocycles. The topological polar surface area (TPSA) is 46.3 Å². The van der Waals surface area contributed by atoms with E-state index in [4.69, 9.17) is 16.0 Å². The Morgan fingerprint density at radius 1 is 1.07 bits per heavy atom. The van der Waals surface area contributed by atoms with E-state index in [0.29, 0.717) is 21.2 Å². The normalized spacial score (nSPS) is 11.1. The van der Waals surface area contributed by atoms with Crippen LogP contribution in [0.2, 0.25) is 5.02 Å². The molecule has 0 radical (unpaired) electrons. The van der Waals surface area contributed by atoms with Crippen LogP contribution in [-0.4, -0.2) is 18.1 Å². The van der Waals surface area contributed by atoms with Gasteiger partial charge in [-0.2, -0.15) is 0 Å². The summed E-state index contributed by atoms with van der Waals surface area (Å²) in [4.78, 5) is 19.5. The van der Waals surface area contributed by atoms with Crippen molar-refractivity contribution >= 4 is 39.6 Å². The zero-order valence-corrected chi connectivity index (χ0v) is 17.2. The lowest BCUT2D eigenvalue weighted by atomic mass is 10.1. The maximum atomic E-state index is 12.6. The molecule has 0 N–H and O–H groups in total. The molecule has 0 bridgehead atoms. The van der Waals surface area contributed by atoms with Crippen molar-refractivity contribution in [3.63, 3.8) is 0 Å². The highest BCUT2D eigenvalue weighted by molar-refractivity contribution is 7.13. The monoisotopic (exact) mass is 410 g/mol. The van der Waals surface area contributed by atoms with Gasteiger partial charge in [0.25, 0.3) is 0 Å². The molecule has 28 heavy (non-hydrogen) atoms. The summed E-state index contributed by atoms with van der Waals surface area (Å²) >= 11 is 7.38. The second-order valence-corrected chi connectivity index (χ2v) is 7.68. The molecule has 0 saturated heterocycles. The first kappa shape index (κ1) is 18.7. The third kappa shape index (κ3) is 3.55. The van der Waals surface area contributed by atoms with Gasteiger partial charge in [-0.05, 0) is 44.2 Å². The van der Waals surface area contributed by atoms with Gasteiger partial charge in [-0.15, -0.1) is 11.3 Å². The minimum atomic E-state index is -0.374. The van der Waals surface area contributed by atoms with Crippen LogP contribution in [0.15, 0.2) is 63.1 Å². The molecule has 0 aliphatic rings. The molecular weight excluding hydrogens is 392 g/mol. The van der Waals surface area contributed by atoms with E-state index in [-0.39, 0.29) is 5.63 Å². The van der Waals surface area contributed by atoms with Gasteiger partial charge in [0.05, 0.1) is 11.3 Å². The number of hydrogen-bond donors (Lipinski definition) is 0. The quantitative estimate of drug-likeness (QED) is 0.374. The van der Waals surface area contributed by atoms with Crippen LogP contribution >= 0.6 is 22.9 Å². The van der Waals surface area contributed by atoms with Crippen molar-refractivity contribution in [1.29, 1.82) is 0 Å². The molecule has 4 rings (SSSR count). The minimum Gasteiger partial charge on any atom is -0.422 e. The van der Waals surface area contributed by atoms with Gasteiger partial charge < -0.3 is 9.32 Å². The summed E-state index contributed by atoms with van der Waals surface area (Å²) in [5, 5.41) is 4.15. The number of aromatic nitrogens is 1. The molecule has 0 amide bonds. The zero-order valence-electron chi connectivity index (χ0n) is 15.6. The maximum Gasteiger partial charge on any atom is 0.346 e. The van der Waals surface area contributed by atoms with E-state index in [1.54, 1.807) is 0 Å². The third-order valence-corrected chi connectivity index (χ3v) is 5.85. The van der Waals surface area contributed by atoms with E-state index in [9.17, 15) is 4.79 Å². The summed E-state index contributed by atoms with van der Waals surface area (Å²) in [6.07, 6.45) is 0. The number of thiazole rings is 1. The highest BCUT2D eigenvalue weighted by Gasteiger charge is 2.14. The predicted octanol–water partition coefficient (Wildman–Crippen LogP) is 6.08. The lowest BCUT2D eigenvalue weighted by Crippen LogP contribution is -2.21. The van der Waals surface area contributed by atoms with Crippen LogP contribution < -0.4 is 10.5 Å². The average Bonchev–Trinajstić information content (AvgIpc) is 3.19. The second kappa shape index (κ2) is 7.78. The van der Waals surface area contributed by atoms with Gasteiger partial charge in [0.15, 0.2) is 0 Å². The predicted molar refractivity (Wildman–Crippen MR) is 118 cm³/mol. The lowest BCUT2D eigenvalue weighted by Gasteiger charge is -2.20.